The Kier molecular flexibility index (Phi) is 8.88. The first kappa shape index (κ1) is 26.1. The van der Waals surface area contributed by atoms with E-state index in [-0.39, 0.29) is 18.7 Å². The molecule has 3 rings (SSSR count). The summed E-state index contributed by atoms with van der Waals surface area (Å²) in [6.45, 7) is 1.78. The standard InChI is InChI=1S/C27H27N3O6/c1-2-36-23(31)17-22(18-13-15-21(16-14-18)30(34)35)25(26(28)32)29-27(33)24(19-9-5-3-6-10-19)20-11-7-4-8-12-20/h3-16,22,24-25H,2,17H2,1H3,(H2,28,32)(H,29,33)/t22-,25+/m1/s1. The maximum absolute atomic E-state index is 13.6. The van der Waals surface area contributed by atoms with E-state index in [1.165, 1.54) is 24.3 Å². The number of nitrogens with one attached hydrogen (secondary N) is 1. The van der Waals surface area contributed by atoms with E-state index >= 15 is 0 Å². The van der Waals surface area contributed by atoms with Crippen LogP contribution in [-0.4, -0.2) is 35.4 Å². The third-order valence-corrected chi connectivity index (χ3v) is 5.76. The van der Waals surface area contributed by atoms with Gasteiger partial charge in [-0.25, -0.2) is 0 Å². The highest BCUT2D eigenvalue weighted by atomic mass is 16.6. The number of nitrogens with zero attached hydrogens (tertiary/aromatic N) is 1. The second kappa shape index (κ2) is 12.3. The Balaban J connectivity index is 1.99. The fourth-order valence-corrected chi connectivity index (χ4v) is 4.06. The van der Waals surface area contributed by atoms with E-state index < -0.39 is 40.6 Å². The van der Waals surface area contributed by atoms with Crippen LogP contribution in [-0.2, 0) is 19.1 Å². The summed E-state index contributed by atoms with van der Waals surface area (Å²) >= 11 is 0. The monoisotopic (exact) mass is 489 g/mol. The molecule has 2 atom stereocenters. The SMILES string of the molecule is CCOC(=O)C[C@H](c1ccc([N+](=O)[O-])cc1)[C@H](NC(=O)C(c1ccccc1)c1ccccc1)C(N)=O. The third kappa shape index (κ3) is 6.53. The number of ether oxygens (including phenoxy) is 1. The van der Waals surface area contributed by atoms with Crippen LogP contribution >= 0.6 is 0 Å². The van der Waals surface area contributed by atoms with E-state index in [0.29, 0.717) is 16.7 Å². The summed E-state index contributed by atoms with van der Waals surface area (Å²) < 4.78 is 5.06. The molecule has 0 heterocycles. The highest BCUT2D eigenvalue weighted by Gasteiger charge is 2.34. The van der Waals surface area contributed by atoms with Gasteiger partial charge in [-0.2, -0.15) is 0 Å². The molecule has 9 heteroatoms. The molecule has 0 aliphatic heterocycles. The summed E-state index contributed by atoms with van der Waals surface area (Å²) in [5, 5.41) is 13.8. The van der Waals surface area contributed by atoms with Gasteiger partial charge in [-0.3, -0.25) is 24.5 Å². The quantitative estimate of drug-likeness (QED) is 0.240. The number of hydrogen-bond donors (Lipinski definition) is 2. The Morgan fingerprint density at radius 1 is 0.889 bits per heavy atom. The Bertz CT molecular complexity index is 1160. The number of carbonyl (C=O) groups excluding carboxylic acids is 3. The van der Waals surface area contributed by atoms with Crippen LogP contribution in [0.15, 0.2) is 84.9 Å². The van der Waals surface area contributed by atoms with Gasteiger partial charge in [-0.05, 0) is 23.6 Å². The van der Waals surface area contributed by atoms with E-state index in [0.717, 1.165) is 0 Å². The van der Waals surface area contributed by atoms with E-state index in [4.69, 9.17) is 10.5 Å². The molecule has 0 aliphatic rings. The zero-order valence-electron chi connectivity index (χ0n) is 19.7. The van der Waals surface area contributed by atoms with Crippen molar-refractivity contribution in [1.29, 1.82) is 0 Å². The first-order valence-corrected chi connectivity index (χ1v) is 11.4. The lowest BCUT2D eigenvalue weighted by atomic mass is 9.86. The molecule has 0 unspecified atom stereocenters. The van der Waals surface area contributed by atoms with E-state index in [9.17, 15) is 24.5 Å². The van der Waals surface area contributed by atoms with Crippen molar-refractivity contribution in [2.24, 2.45) is 5.73 Å². The first-order valence-electron chi connectivity index (χ1n) is 11.4. The van der Waals surface area contributed by atoms with Gasteiger partial charge >= 0.3 is 5.97 Å². The maximum Gasteiger partial charge on any atom is 0.306 e. The molecule has 3 N–H and O–H groups in total. The highest BCUT2D eigenvalue weighted by molar-refractivity contribution is 5.93. The van der Waals surface area contributed by atoms with Gasteiger partial charge in [-0.1, -0.05) is 72.8 Å². The van der Waals surface area contributed by atoms with Gasteiger partial charge in [0.1, 0.15) is 6.04 Å². The molecule has 9 nitrogen and oxygen atoms in total. The van der Waals surface area contributed by atoms with Crippen LogP contribution in [0.25, 0.3) is 0 Å². The number of rotatable bonds is 11. The molecular weight excluding hydrogens is 462 g/mol. The Hall–Kier alpha value is -4.53. The minimum atomic E-state index is -1.28. The largest absolute Gasteiger partial charge is 0.466 e. The van der Waals surface area contributed by atoms with Gasteiger partial charge in [-0.15, -0.1) is 0 Å². The number of primary amides is 1. The van der Waals surface area contributed by atoms with Crippen LogP contribution in [0.4, 0.5) is 5.69 Å². The van der Waals surface area contributed by atoms with Gasteiger partial charge in [0.2, 0.25) is 11.8 Å². The van der Waals surface area contributed by atoms with Crippen molar-refractivity contribution in [3.63, 3.8) is 0 Å². The van der Waals surface area contributed by atoms with Crippen molar-refractivity contribution < 1.29 is 24.0 Å². The average molecular weight is 490 g/mol. The Labute approximate surface area is 208 Å². The van der Waals surface area contributed by atoms with Crippen molar-refractivity contribution in [3.8, 4) is 0 Å². The zero-order valence-corrected chi connectivity index (χ0v) is 19.7. The van der Waals surface area contributed by atoms with Crippen LogP contribution in [0.3, 0.4) is 0 Å². The molecular formula is C27H27N3O6. The number of amides is 2. The molecule has 0 fully saturated rings. The summed E-state index contributed by atoms with van der Waals surface area (Å²) in [4.78, 5) is 49.2. The Morgan fingerprint density at radius 2 is 1.42 bits per heavy atom. The lowest BCUT2D eigenvalue weighted by molar-refractivity contribution is -0.384. The van der Waals surface area contributed by atoms with E-state index in [1.807, 2.05) is 60.7 Å². The fourth-order valence-electron chi connectivity index (χ4n) is 4.06. The molecule has 0 spiro atoms. The molecule has 0 aliphatic carbocycles. The summed E-state index contributed by atoms with van der Waals surface area (Å²) in [6.07, 6.45) is -0.263. The van der Waals surface area contributed by atoms with Crippen molar-refractivity contribution in [2.75, 3.05) is 6.61 Å². The molecule has 0 radical (unpaired) electrons. The van der Waals surface area contributed by atoms with Crippen LogP contribution in [0.2, 0.25) is 0 Å². The van der Waals surface area contributed by atoms with Crippen molar-refractivity contribution in [2.45, 2.75) is 31.2 Å². The van der Waals surface area contributed by atoms with Crippen molar-refractivity contribution >= 4 is 23.5 Å². The predicted octanol–water partition coefficient (Wildman–Crippen LogP) is 3.43. The molecule has 0 saturated heterocycles. The number of nitro groups is 1. The molecule has 0 aromatic heterocycles. The second-order valence-corrected chi connectivity index (χ2v) is 8.11. The van der Waals surface area contributed by atoms with Crippen LogP contribution in [0.5, 0.6) is 0 Å². The second-order valence-electron chi connectivity index (χ2n) is 8.11. The number of nitrogens with two attached hydrogens (primary N) is 1. The Morgan fingerprint density at radius 3 is 1.86 bits per heavy atom. The summed E-state index contributed by atoms with van der Waals surface area (Å²) in [5.41, 5.74) is 7.41. The molecule has 3 aromatic rings. The number of nitro benzene ring substituents is 1. The molecule has 186 valence electrons. The highest BCUT2D eigenvalue weighted by Crippen LogP contribution is 2.29. The lowest BCUT2D eigenvalue weighted by Gasteiger charge is -2.28. The predicted molar refractivity (Wildman–Crippen MR) is 133 cm³/mol. The fraction of sp³-hybridized carbons (Fsp3) is 0.222. The molecule has 36 heavy (non-hydrogen) atoms. The smallest absolute Gasteiger partial charge is 0.306 e. The molecule has 0 saturated carbocycles. The van der Waals surface area contributed by atoms with Crippen molar-refractivity contribution in [3.05, 3.63) is 112 Å². The maximum atomic E-state index is 13.6. The first-order chi connectivity index (χ1) is 17.3. The zero-order chi connectivity index (χ0) is 26.1. The third-order valence-electron chi connectivity index (χ3n) is 5.76. The van der Waals surface area contributed by atoms with Gasteiger partial charge < -0.3 is 15.8 Å². The number of carbonyl (C=O) groups is 3. The lowest BCUT2D eigenvalue weighted by Crippen LogP contribution is -2.50. The van der Waals surface area contributed by atoms with E-state index in [2.05, 4.69) is 5.32 Å². The molecule has 0 bridgehead atoms. The summed E-state index contributed by atoms with van der Waals surface area (Å²) in [7, 11) is 0. The average Bonchev–Trinajstić information content (AvgIpc) is 2.87. The summed E-state index contributed by atoms with van der Waals surface area (Å²) in [5.74, 6) is -3.57. The number of esters is 1. The normalized spacial score (nSPS) is 12.4. The minimum absolute atomic E-state index is 0.128. The van der Waals surface area contributed by atoms with Crippen LogP contribution < -0.4 is 11.1 Å². The van der Waals surface area contributed by atoms with Gasteiger partial charge in [0.25, 0.3) is 5.69 Å². The van der Waals surface area contributed by atoms with Crippen molar-refractivity contribution in [1.82, 2.24) is 5.32 Å². The van der Waals surface area contributed by atoms with Gasteiger partial charge in [0.15, 0.2) is 0 Å². The topological polar surface area (TPSA) is 142 Å². The number of benzene rings is 3. The molecule has 2 amide bonds. The van der Waals surface area contributed by atoms with Gasteiger partial charge in [0, 0.05) is 18.1 Å². The van der Waals surface area contributed by atoms with Gasteiger partial charge in [0.05, 0.1) is 23.9 Å². The molecule has 3 aromatic carbocycles. The summed E-state index contributed by atoms with van der Waals surface area (Å²) in [6, 6.07) is 22.3. The number of non-ortho nitro benzene ring substituents is 1. The van der Waals surface area contributed by atoms with Crippen LogP contribution in [0.1, 0.15) is 41.9 Å². The number of hydrogen-bond acceptors (Lipinski definition) is 6. The van der Waals surface area contributed by atoms with E-state index in [1.54, 1.807) is 6.92 Å². The minimum Gasteiger partial charge on any atom is -0.466 e. The van der Waals surface area contributed by atoms with Crippen LogP contribution in [0, 0.1) is 10.1 Å².